The van der Waals surface area contributed by atoms with Crippen molar-refractivity contribution in [2.75, 3.05) is 33.2 Å². The first kappa shape index (κ1) is 16.3. The van der Waals surface area contributed by atoms with Gasteiger partial charge in [-0.25, -0.2) is 0 Å². The molecule has 2 fully saturated rings. The normalized spacial score (nSPS) is 26.3. The van der Waals surface area contributed by atoms with Crippen LogP contribution in [0.15, 0.2) is 53.0 Å². The summed E-state index contributed by atoms with van der Waals surface area (Å²) in [7, 11) is 2.40. The first-order chi connectivity index (χ1) is 11.6. The topological polar surface area (TPSA) is 3.24 Å². The summed E-state index contributed by atoms with van der Waals surface area (Å²) in [6.07, 6.45) is 1.34. The minimum absolute atomic E-state index is 0.762. The first-order valence-corrected chi connectivity index (χ1v) is 9.76. The van der Waals surface area contributed by atoms with E-state index >= 15 is 0 Å². The third kappa shape index (κ3) is 3.05. The van der Waals surface area contributed by atoms with Gasteiger partial charge in [0.2, 0.25) is 0 Å². The van der Waals surface area contributed by atoms with Gasteiger partial charge in [0.05, 0.1) is 20.1 Å². The number of rotatable bonds is 3. The van der Waals surface area contributed by atoms with E-state index in [1.54, 1.807) is 0 Å². The Bertz CT molecular complexity index is 720. The quantitative estimate of drug-likeness (QED) is 0.699. The van der Waals surface area contributed by atoms with E-state index in [0.29, 0.717) is 0 Å². The molecule has 2 atom stereocenters. The van der Waals surface area contributed by atoms with Gasteiger partial charge in [-0.15, -0.1) is 0 Å². The van der Waals surface area contributed by atoms with Crippen molar-refractivity contribution in [2.45, 2.75) is 25.3 Å². The molecule has 0 spiro atoms. The number of likely N-dealkylation sites (N-methyl/N-ethyl adjacent to an activating group) is 1. The second-order valence-electron chi connectivity index (χ2n) is 7.63. The molecule has 0 aromatic heterocycles. The first-order valence-electron chi connectivity index (χ1n) is 8.97. The molecule has 1 heterocycles. The van der Waals surface area contributed by atoms with Gasteiger partial charge in [-0.2, -0.15) is 0 Å². The van der Waals surface area contributed by atoms with Crippen molar-refractivity contribution in [2.24, 2.45) is 0 Å². The van der Waals surface area contributed by atoms with Gasteiger partial charge in [0.25, 0.3) is 0 Å². The van der Waals surface area contributed by atoms with Crippen LogP contribution in [-0.2, 0) is 0 Å². The van der Waals surface area contributed by atoms with Crippen molar-refractivity contribution >= 4 is 21.6 Å². The van der Waals surface area contributed by atoms with Gasteiger partial charge in [0.15, 0.2) is 0 Å². The Kier molecular flexibility index (Phi) is 4.27. The molecule has 3 heteroatoms. The molecule has 2 nitrogen and oxygen atoms in total. The van der Waals surface area contributed by atoms with Gasteiger partial charge in [0.1, 0.15) is 5.69 Å². The number of piperazine rings is 1. The summed E-state index contributed by atoms with van der Waals surface area (Å²) >= 11 is 3.59. The van der Waals surface area contributed by atoms with Crippen LogP contribution in [-0.4, -0.2) is 44.2 Å². The molecule has 1 saturated heterocycles. The van der Waals surface area contributed by atoms with E-state index in [2.05, 4.69) is 83.3 Å². The molecule has 2 aromatic carbocycles. The van der Waals surface area contributed by atoms with E-state index in [1.807, 2.05) is 0 Å². The summed E-state index contributed by atoms with van der Waals surface area (Å²) in [5.74, 6) is 0.762. The Hall–Kier alpha value is -1.16. The molecule has 1 aliphatic carbocycles. The van der Waals surface area contributed by atoms with Crippen molar-refractivity contribution < 1.29 is 0 Å². The monoisotopic (exact) mass is 385 g/mol. The molecule has 126 valence electrons. The zero-order chi connectivity index (χ0) is 16.7. The summed E-state index contributed by atoms with van der Waals surface area (Å²) in [5, 5.41) is 0. The van der Waals surface area contributed by atoms with Gasteiger partial charge in [-0.3, -0.25) is 9.38 Å². The van der Waals surface area contributed by atoms with Crippen LogP contribution in [0.5, 0.6) is 0 Å². The van der Waals surface area contributed by atoms with Crippen molar-refractivity contribution in [1.29, 1.82) is 0 Å². The molecular formula is C21H26BrN2+. The zero-order valence-corrected chi connectivity index (χ0v) is 16.2. The van der Waals surface area contributed by atoms with Crippen molar-refractivity contribution in [3.8, 4) is 0 Å². The number of aryl methyl sites for hydroxylation is 1. The largest absolute Gasteiger partial charge is 0.291 e. The predicted octanol–water partition coefficient (Wildman–Crippen LogP) is 4.57. The van der Waals surface area contributed by atoms with Crippen molar-refractivity contribution in [1.82, 2.24) is 9.38 Å². The SMILES string of the molecule is Cc1cc(Br)ccc1[N+]1(C)CCN([C@@H]2C[C@H]2c2ccccc2)CC1. The van der Waals surface area contributed by atoms with Gasteiger partial charge in [0, 0.05) is 41.2 Å². The summed E-state index contributed by atoms with van der Waals surface area (Å²) in [6, 6.07) is 18.6. The minimum Gasteiger partial charge on any atom is -0.291 e. The van der Waals surface area contributed by atoms with Crippen molar-refractivity contribution in [3.63, 3.8) is 0 Å². The minimum atomic E-state index is 0.762. The molecule has 2 aromatic rings. The van der Waals surface area contributed by atoms with Crippen LogP contribution in [0.25, 0.3) is 0 Å². The molecule has 0 N–H and O–H groups in total. The predicted molar refractivity (Wildman–Crippen MR) is 105 cm³/mol. The lowest BCUT2D eigenvalue weighted by atomic mass is 10.1. The van der Waals surface area contributed by atoms with Crippen LogP contribution in [0.1, 0.15) is 23.5 Å². The average Bonchev–Trinajstić information content (AvgIpc) is 3.37. The highest BCUT2D eigenvalue weighted by Gasteiger charge is 2.45. The lowest BCUT2D eigenvalue weighted by Crippen LogP contribution is -2.59. The van der Waals surface area contributed by atoms with Crippen LogP contribution in [0.3, 0.4) is 0 Å². The Morgan fingerprint density at radius 3 is 2.42 bits per heavy atom. The summed E-state index contributed by atoms with van der Waals surface area (Å²) in [6.45, 7) is 7.07. The smallest absolute Gasteiger partial charge is 0.135 e. The number of nitrogens with zero attached hydrogens (tertiary/aromatic N) is 2. The van der Waals surface area contributed by atoms with E-state index in [0.717, 1.165) is 16.4 Å². The molecule has 2 aliphatic rings. The van der Waals surface area contributed by atoms with Gasteiger partial charge < -0.3 is 0 Å². The van der Waals surface area contributed by atoms with E-state index in [-0.39, 0.29) is 0 Å². The van der Waals surface area contributed by atoms with E-state index in [9.17, 15) is 0 Å². The summed E-state index contributed by atoms with van der Waals surface area (Å²) in [5.41, 5.74) is 4.40. The molecule has 4 rings (SSSR count). The highest BCUT2D eigenvalue weighted by atomic mass is 79.9. The zero-order valence-electron chi connectivity index (χ0n) is 14.6. The Labute approximate surface area is 153 Å². The number of benzene rings is 2. The summed E-state index contributed by atoms with van der Waals surface area (Å²) in [4.78, 5) is 2.73. The maximum Gasteiger partial charge on any atom is 0.135 e. The fraction of sp³-hybridized carbons (Fsp3) is 0.429. The molecule has 1 aliphatic heterocycles. The molecule has 0 bridgehead atoms. The van der Waals surface area contributed by atoms with Gasteiger partial charge in [-0.1, -0.05) is 46.3 Å². The number of quaternary nitrogens is 1. The summed E-state index contributed by atoms with van der Waals surface area (Å²) < 4.78 is 2.25. The molecule has 0 amide bonds. The average molecular weight is 386 g/mol. The Balaban J connectivity index is 1.42. The maximum absolute atomic E-state index is 3.59. The lowest BCUT2D eigenvalue weighted by Gasteiger charge is -2.42. The lowest BCUT2D eigenvalue weighted by molar-refractivity contribution is 0.146. The number of hydrogen-bond acceptors (Lipinski definition) is 1. The second kappa shape index (κ2) is 6.29. The number of hydrogen-bond donors (Lipinski definition) is 0. The standard InChI is InChI=1S/C21H26BrN2/c1-16-14-18(22)8-9-21(16)24(2)12-10-23(11-13-24)20-15-19(20)17-6-4-3-5-7-17/h3-9,14,19-20H,10-13,15H2,1-2H3/q+1/t19-,20+/m0/s1. The van der Waals surface area contributed by atoms with E-state index < -0.39 is 0 Å². The van der Waals surface area contributed by atoms with Gasteiger partial charge in [-0.05, 0) is 31.0 Å². The highest BCUT2D eigenvalue weighted by molar-refractivity contribution is 9.10. The fourth-order valence-electron chi connectivity index (χ4n) is 4.36. The van der Waals surface area contributed by atoms with Crippen LogP contribution >= 0.6 is 15.9 Å². The van der Waals surface area contributed by atoms with E-state index in [1.165, 1.54) is 53.9 Å². The Morgan fingerprint density at radius 1 is 1.04 bits per heavy atom. The molecule has 1 saturated carbocycles. The van der Waals surface area contributed by atoms with Crippen molar-refractivity contribution in [3.05, 3.63) is 64.1 Å². The van der Waals surface area contributed by atoms with Crippen LogP contribution in [0.4, 0.5) is 5.69 Å². The van der Waals surface area contributed by atoms with Crippen LogP contribution in [0.2, 0.25) is 0 Å². The Morgan fingerprint density at radius 2 is 1.75 bits per heavy atom. The van der Waals surface area contributed by atoms with Gasteiger partial charge >= 0.3 is 0 Å². The molecule has 24 heavy (non-hydrogen) atoms. The second-order valence-corrected chi connectivity index (χ2v) is 8.55. The number of halogens is 1. The maximum atomic E-state index is 3.59. The third-order valence-corrected chi connectivity index (χ3v) is 6.45. The molecular weight excluding hydrogens is 360 g/mol. The molecule has 0 radical (unpaired) electrons. The van der Waals surface area contributed by atoms with E-state index in [4.69, 9.17) is 0 Å². The van der Waals surface area contributed by atoms with Crippen LogP contribution < -0.4 is 4.48 Å². The fourth-order valence-corrected chi connectivity index (χ4v) is 4.84. The highest BCUT2D eigenvalue weighted by Crippen LogP contribution is 2.45. The van der Waals surface area contributed by atoms with Crippen LogP contribution in [0, 0.1) is 6.92 Å². The third-order valence-electron chi connectivity index (χ3n) is 5.96. The molecule has 0 unspecified atom stereocenters.